The van der Waals surface area contributed by atoms with Crippen molar-refractivity contribution in [3.8, 4) is 0 Å². The zero-order valence-corrected chi connectivity index (χ0v) is 16.0. The van der Waals surface area contributed by atoms with E-state index in [1.807, 2.05) is 13.8 Å². The molecule has 1 aromatic heterocycles. The van der Waals surface area contributed by atoms with Crippen LogP contribution >= 0.6 is 0 Å². The summed E-state index contributed by atoms with van der Waals surface area (Å²) in [6.07, 6.45) is 4.51. The molecule has 2 aromatic rings. The first kappa shape index (κ1) is 20.0. The van der Waals surface area contributed by atoms with Gasteiger partial charge in [-0.05, 0) is 35.5 Å². The summed E-state index contributed by atoms with van der Waals surface area (Å²) >= 11 is 0. The Morgan fingerprint density at radius 2 is 2.04 bits per heavy atom. The molecule has 1 aliphatic rings. The molecule has 8 nitrogen and oxygen atoms in total. The number of rotatable bonds is 6. The molecule has 28 heavy (non-hydrogen) atoms. The minimum absolute atomic E-state index is 0.0279. The van der Waals surface area contributed by atoms with Crippen molar-refractivity contribution < 1.29 is 24.0 Å². The number of carbonyl (C=O) groups is 2. The minimum atomic E-state index is -1.04. The van der Waals surface area contributed by atoms with Crippen molar-refractivity contribution in [1.29, 1.82) is 0 Å². The molecule has 1 atom stereocenters. The number of nitrogens with zero attached hydrogens (tertiary/aromatic N) is 2. The van der Waals surface area contributed by atoms with Gasteiger partial charge in [-0.15, -0.1) is 0 Å². The van der Waals surface area contributed by atoms with Crippen LogP contribution in [-0.4, -0.2) is 40.0 Å². The number of fused-ring (bicyclic) bond motifs is 1. The van der Waals surface area contributed by atoms with E-state index in [-0.39, 0.29) is 12.5 Å². The summed E-state index contributed by atoms with van der Waals surface area (Å²) in [6, 6.07) is 2.62. The van der Waals surface area contributed by atoms with Crippen LogP contribution in [0.2, 0.25) is 0 Å². The first-order chi connectivity index (χ1) is 13.4. The third-order valence-electron chi connectivity index (χ3n) is 4.70. The maximum absolute atomic E-state index is 12.8. The number of ether oxygens (including phenoxy) is 1. The summed E-state index contributed by atoms with van der Waals surface area (Å²) in [4.78, 5) is 33.1. The molecule has 1 amide bonds. The molecule has 0 aliphatic carbocycles. The van der Waals surface area contributed by atoms with Crippen molar-refractivity contribution in [3.05, 3.63) is 53.1 Å². The van der Waals surface area contributed by atoms with Gasteiger partial charge < -0.3 is 19.7 Å². The molecule has 0 radical (unpaired) electrons. The van der Waals surface area contributed by atoms with Crippen LogP contribution in [0.15, 0.2) is 30.9 Å². The van der Waals surface area contributed by atoms with Crippen LogP contribution in [0.5, 0.6) is 0 Å². The monoisotopic (exact) mass is 383 g/mol. The van der Waals surface area contributed by atoms with Gasteiger partial charge in [-0.1, -0.05) is 19.9 Å². The third kappa shape index (κ3) is 4.21. The highest BCUT2D eigenvalue weighted by molar-refractivity contribution is 6.62. The van der Waals surface area contributed by atoms with E-state index in [1.165, 1.54) is 6.33 Å². The summed E-state index contributed by atoms with van der Waals surface area (Å²) in [7, 11) is -1.04. The van der Waals surface area contributed by atoms with E-state index < -0.39 is 25.0 Å². The lowest BCUT2D eigenvalue weighted by Crippen LogP contribution is -2.46. The molecule has 9 heteroatoms. The van der Waals surface area contributed by atoms with Crippen LogP contribution in [0.1, 0.15) is 40.9 Å². The van der Waals surface area contributed by atoms with Gasteiger partial charge in [0.25, 0.3) is 5.91 Å². The van der Waals surface area contributed by atoms with Gasteiger partial charge in [0.05, 0.1) is 6.61 Å². The lowest BCUT2D eigenvalue weighted by atomic mass is 9.75. The van der Waals surface area contributed by atoms with Crippen LogP contribution in [0, 0.1) is 12.8 Å². The van der Waals surface area contributed by atoms with E-state index in [0.717, 1.165) is 5.56 Å². The van der Waals surface area contributed by atoms with Crippen molar-refractivity contribution in [2.75, 3.05) is 0 Å². The molecule has 0 spiro atoms. The predicted octanol–water partition coefficient (Wildman–Crippen LogP) is 0.501. The number of esters is 1. The predicted molar refractivity (Wildman–Crippen MR) is 101 cm³/mol. The van der Waals surface area contributed by atoms with Crippen molar-refractivity contribution in [1.82, 2.24) is 15.3 Å². The Balaban J connectivity index is 1.71. The lowest BCUT2D eigenvalue weighted by molar-refractivity contribution is -0.148. The zero-order valence-electron chi connectivity index (χ0n) is 16.0. The van der Waals surface area contributed by atoms with Crippen LogP contribution in [0.25, 0.3) is 0 Å². The average molecular weight is 383 g/mol. The maximum Gasteiger partial charge on any atom is 0.492 e. The van der Waals surface area contributed by atoms with Gasteiger partial charge in [0.15, 0.2) is 0 Å². The summed E-state index contributed by atoms with van der Waals surface area (Å²) in [5.41, 5.74) is 3.15. The van der Waals surface area contributed by atoms with Gasteiger partial charge in [-0.25, -0.2) is 14.8 Å². The molecule has 1 aliphatic heterocycles. The maximum atomic E-state index is 12.8. The Morgan fingerprint density at radius 1 is 1.32 bits per heavy atom. The van der Waals surface area contributed by atoms with Gasteiger partial charge in [0, 0.05) is 23.5 Å². The van der Waals surface area contributed by atoms with Crippen LogP contribution < -0.4 is 10.8 Å². The molecular weight excluding hydrogens is 361 g/mol. The Labute approximate surface area is 163 Å². The summed E-state index contributed by atoms with van der Waals surface area (Å²) in [5.74, 6) is -1.11. The van der Waals surface area contributed by atoms with E-state index >= 15 is 0 Å². The number of hydrogen-bond donors (Lipinski definition) is 2. The van der Waals surface area contributed by atoms with Crippen molar-refractivity contribution >= 4 is 24.5 Å². The van der Waals surface area contributed by atoms with Gasteiger partial charge in [-0.2, -0.15) is 0 Å². The van der Waals surface area contributed by atoms with E-state index in [2.05, 4.69) is 15.3 Å². The fraction of sp³-hybridized carbons (Fsp3) is 0.368. The Morgan fingerprint density at radius 3 is 2.71 bits per heavy atom. The highest BCUT2D eigenvalue weighted by Crippen LogP contribution is 2.17. The normalized spacial score (nSPS) is 14.0. The smallest absolute Gasteiger partial charge is 0.459 e. The number of nitrogens with one attached hydrogen (secondary N) is 1. The molecule has 0 saturated heterocycles. The number of amides is 1. The van der Waals surface area contributed by atoms with Crippen molar-refractivity contribution in [2.45, 2.75) is 40.0 Å². The second-order valence-corrected chi connectivity index (χ2v) is 7.02. The number of benzene rings is 1. The van der Waals surface area contributed by atoms with Crippen molar-refractivity contribution in [3.63, 3.8) is 0 Å². The zero-order chi connectivity index (χ0) is 20.3. The molecule has 0 bridgehead atoms. The molecule has 2 N–H and O–H groups in total. The highest BCUT2D eigenvalue weighted by atomic mass is 16.5. The first-order valence-electron chi connectivity index (χ1n) is 9.02. The second kappa shape index (κ2) is 8.49. The fourth-order valence-corrected chi connectivity index (χ4v) is 3.12. The Kier molecular flexibility index (Phi) is 6.06. The molecule has 146 valence electrons. The van der Waals surface area contributed by atoms with Crippen LogP contribution in [0.3, 0.4) is 0 Å². The van der Waals surface area contributed by atoms with Gasteiger partial charge in [-0.3, -0.25) is 4.79 Å². The summed E-state index contributed by atoms with van der Waals surface area (Å²) < 4.78 is 10.5. The molecule has 1 aromatic carbocycles. The first-order valence-corrected chi connectivity index (χ1v) is 9.02. The van der Waals surface area contributed by atoms with E-state index in [1.54, 1.807) is 31.5 Å². The van der Waals surface area contributed by atoms with E-state index in [4.69, 9.17) is 9.39 Å². The molecule has 1 unspecified atom stereocenters. The summed E-state index contributed by atoms with van der Waals surface area (Å²) in [6.45, 7) is 5.74. The van der Waals surface area contributed by atoms with Gasteiger partial charge in [0.1, 0.15) is 19.0 Å². The topological polar surface area (TPSA) is 111 Å². The van der Waals surface area contributed by atoms with Crippen molar-refractivity contribution in [2.24, 2.45) is 5.92 Å². The number of hydrogen-bond acceptors (Lipinski definition) is 7. The summed E-state index contributed by atoms with van der Waals surface area (Å²) in [5, 5.41) is 12.7. The highest BCUT2D eigenvalue weighted by Gasteiger charge is 2.32. The molecule has 0 fully saturated rings. The molecule has 2 heterocycles. The van der Waals surface area contributed by atoms with Crippen LogP contribution in [0.4, 0.5) is 0 Å². The largest absolute Gasteiger partial charge is 0.492 e. The van der Waals surface area contributed by atoms with E-state index in [9.17, 15) is 14.6 Å². The molecule has 3 rings (SSSR count). The van der Waals surface area contributed by atoms with Crippen LogP contribution in [-0.2, 0) is 27.4 Å². The molecule has 0 saturated carbocycles. The lowest BCUT2D eigenvalue weighted by Gasteiger charge is -2.21. The molecular formula is C19H22BN3O5. The third-order valence-corrected chi connectivity index (χ3v) is 4.70. The standard InChI is InChI=1S/C19H22BN3O5/c1-11(2)17(19(25)27-8-13-6-21-10-22-7-13)23-18(24)15-5-4-14-9-28-20(26)16(14)12(15)3/h4-7,10-11,17,26H,8-9H2,1-3H3,(H,23,24). The Hall–Kier alpha value is -2.78. The quantitative estimate of drug-likeness (QED) is 0.552. The van der Waals surface area contributed by atoms with E-state index in [0.29, 0.717) is 28.8 Å². The average Bonchev–Trinajstić information content (AvgIpc) is 3.06. The minimum Gasteiger partial charge on any atom is -0.459 e. The van der Waals surface area contributed by atoms with Gasteiger partial charge >= 0.3 is 13.1 Å². The SMILES string of the molecule is Cc1c(C(=O)NC(C(=O)OCc2cncnc2)C(C)C)ccc2c1B(O)OC2. The fourth-order valence-electron chi connectivity index (χ4n) is 3.12. The van der Waals surface area contributed by atoms with Gasteiger partial charge in [0.2, 0.25) is 0 Å². The Bertz CT molecular complexity index is 875. The number of carbonyl (C=O) groups excluding carboxylic acids is 2. The second-order valence-electron chi connectivity index (χ2n) is 7.02. The number of aromatic nitrogens is 2.